The van der Waals surface area contributed by atoms with Gasteiger partial charge < -0.3 is 0 Å². The summed E-state index contributed by atoms with van der Waals surface area (Å²) in [4.78, 5) is 0. The Bertz CT molecular complexity index is 133. The minimum atomic E-state index is 1.08. The van der Waals surface area contributed by atoms with Crippen LogP contribution in [0.4, 0.5) is 0 Å². The third-order valence-corrected chi connectivity index (χ3v) is 5.95. The Labute approximate surface area is 97.4 Å². The van der Waals surface area contributed by atoms with E-state index in [0.717, 1.165) is 11.3 Å². The Morgan fingerprint density at radius 1 is 0.467 bits per heavy atom. The highest BCUT2D eigenvalue weighted by atomic mass is 31.1. The lowest BCUT2D eigenvalue weighted by Gasteiger charge is -2.20. The smallest absolute Gasteiger partial charge is 0.0168 e. The molecule has 2 aliphatic carbocycles. The lowest BCUT2D eigenvalue weighted by Crippen LogP contribution is -2.07. The minimum Gasteiger partial charge on any atom is -0.0741 e. The fourth-order valence-electron chi connectivity index (χ4n) is 3.11. The van der Waals surface area contributed by atoms with Crippen molar-refractivity contribution in [3.8, 4) is 0 Å². The molecule has 0 N–H and O–H groups in total. The van der Waals surface area contributed by atoms with Gasteiger partial charge in [-0.25, -0.2) is 0 Å². The first-order chi connectivity index (χ1) is 7.45. The largest absolute Gasteiger partial charge is 0.0741 e. The molecular weight excluding hydrogens is 199 g/mol. The van der Waals surface area contributed by atoms with Crippen molar-refractivity contribution in [3.05, 3.63) is 0 Å². The summed E-state index contributed by atoms with van der Waals surface area (Å²) in [5, 5.41) is 0. The SMILES string of the molecule is C1CCCC([P]C2CCCCCC2)CC1. The van der Waals surface area contributed by atoms with E-state index in [2.05, 4.69) is 0 Å². The molecule has 2 rings (SSSR count). The van der Waals surface area contributed by atoms with Crippen molar-refractivity contribution in [3.63, 3.8) is 0 Å². The molecule has 0 nitrogen and oxygen atoms in total. The van der Waals surface area contributed by atoms with Crippen LogP contribution in [-0.4, -0.2) is 11.3 Å². The van der Waals surface area contributed by atoms with Crippen LogP contribution in [0.3, 0.4) is 0 Å². The molecule has 0 amide bonds. The second-order valence-electron chi connectivity index (χ2n) is 5.44. The van der Waals surface area contributed by atoms with Gasteiger partial charge in [-0.3, -0.25) is 0 Å². The van der Waals surface area contributed by atoms with Gasteiger partial charge in [-0.1, -0.05) is 59.9 Å². The second-order valence-corrected chi connectivity index (χ2v) is 7.20. The van der Waals surface area contributed by atoms with Gasteiger partial charge in [0.1, 0.15) is 0 Å². The number of hydrogen-bond donors (Lipinski definition) is 0. The fraction of sp³-hybridized carbons (Fsp3) is 1.00. The van der Waals surface area contributed by atoms with Gasteiger partial charge in [0.25, 0.3) is 0 Å². The normalized spacial score (nSPS) is 27.2. The maximum Gasteiger partial charge on any atom is -0.0168 e. The molecule has 2 fully saturated rings. The molecule has 0 aromatic carbocycles. The summed E-state index contributed by atoms with van der Waals surface area (Å²) in [6.45, 7) is 0. The second kappa shape index (κ2) is 6.89. The summed E-state index contributed by atoms with van der Waals surface area (Å²) >= 11 is 0. The minimum absolute atomic E-state index is 1.08. The van der Waals surface area contributed by atoms with E-state index in [4.69, 9.17) is 0 Å². The first-order valence-electron chi connectivity index (χ1n) is 7.15. The molecule has 0 atom stereocenters. The van der Waals surface area contributed by atoms with Crippen molar-refractivity contribution in [1.82, 2.24) is 0 Å². The molecule has 0 aromatic heterocycles. The summed E-state index contributed by atoms with van der Waals surface area (Å²) < 4.78 is 0. The van der Waals surface area contributed by atoms with Gasteiger partial charge in [0.05, 0.1) is 0 Å². The van der Waals surface area contributed by atoms with E-state index in [-0.39, 0.29) is 0 Å². The monoisotopic (exact) mass is 225 g/mol. The van der Waals surface area contributed by atoms with Crippen LogP contribution in [0.15, 0.2) is 0 Å². The van der Waals surface area contributed by atoms with Crippen LogP contribution >= 0.6 is 8.58 Å². The zero-order valence-electron chi connectivity index (χ0n) is 10.1. The molecule has 0 aromatic rings. The van der Waals surface area contributed by atoms with Crippen LogP contribution in [0.1, 0.15) is 77.0 Å². The van der Waals surface area contributed by atoms with E-state index in [1.807, 2.05) is 8.58 Å². The summed E-state index contributed by atoms with van der Waals surface area (Å²) in [5.41, 5.74) is 2.16. The summed E-state index contributed by atoms with van der Waals surface area (Å²) in [6.07, 6.45) is 18.3. The quantitative estimate of drug-likeness (QED) is 0.437. The van der Waals surface area contributed by atoms with E-state index in [1.54, 1.807) is 0 Å². The maximum atomic E-state index is 1.84. The summed E-state index contributed by atoms with van der Waals surface area (Å²) in [7, 11) is 1.84. The molecule has 15 heavy (non-hydrogen) atoms. The van der Waals surface area contributed by atoms with Crippen LogP contribution in [0, 0.1) is 0 Å². The van der Waals surface area contributed by atoms with Gasteiger partial charge in [-0.2, -0.15) is 0 Å². The predicted molar refractivity (Wildman–Crippen MR) is 69.9 cm³/mol. The summed E-state index contributed by atoms with van der Waals surface area (Å²) in [6, 6.07) is 0. The average Bonchev–Trinajstić information content (AvgIpc) is 2.63. The molecule has 0 aliphatic heterocycles. The standard InChI is InChI=1S/C14H26P/c1-2-6-10-13(9-5-1)15-14-11-7-3-4-8-12-14/h13-14H,1-12H2. The predicted octanol–water partition coefficient (Wildman–Crippen LogP) is 5.38. The average molecular weight is 225 g/mol. The molecule has 1 heteroatoms. The van der Waals surface area contributed by atoms with E-state index >= 15 is 0 Å². The van der Waals surface area contributed by atoms with Gasteiger partial charge >= 0.3 is 0 Å². The van der Waals surface area contributed by atoms with E-state index in [1.165, 1.54) is 77.0 Å². The number of rotatable bonds is 2. The summed E-state index contributed by atoms with van der Waals surface area (Å²) in [5.74, 6) is 0. The van der Waals surface area contributed by atoms with Crippen molar-refractivity contribution in [2.45, 2.75) is 88.4 Å². The molecule has 0 bridgehead atoms. The third kappa shape index (κ3) is 4.43. The van der Waals surface area contributed by atoms with Gasteiger partial charge in [-0.05, 0) is 37.0 Å². The van der Waals surface area contributed by atoms with E-state index < -0.39 is 0 Å². The first kappa shape index (κ1) is 11.9. The highest BCUT2D eigenvalue weighted by molar-refractivity contribution is 7.39. The highest BCUT2D eigenvalue weighted by Crippen LogP contribution is 2.40. The van der Waals surface area contributed by atoms with Crippen molar-refractivity contribution in [2.75, 3.05) is 0 Å². The fourth-order valence-corrected chi connectivity index (χ4v) is 5.03. The Morgan fingerprint density at radius 2 is 0.800 bits per heavy atom. The number of hydrogen-bond acceptors (Lipinski definition) is 0. The lowest BCUT2D eigenvalue weighted by atomic mass is 10.2. The van der Waals surface area contributed by atoms with Crippen LogP contribution in [0.25, 0.3) is 0 Å². The lowest BCUT2D eigenvalue weighted by molar-refractivity contribution is 0.675. The molecule has 1 radical (unpaired) electrons. The maximum absolute atomic E-state index is 1.84. The van der Waals surface area contributed by atoms with Crippen molar-refractivity contribution >= 4 is 8.58 Å². The van der Waals surface area contributed by atoms with Gasteiger partial charge in [0, 0.05) is 0 Å². The van der Waals surface area contributed by atoms with E-state index in [0.29, 0.717) is 0 Å². The Hall–Kier alpha value is 0.430. The van der Waals surface area contributed by atoms with E-state index in [9.17, 15) is 0 Å². The third-order valence-electron chi connectivity index (χ3n) is 4.07. The molecule has 2 aliphatic rings. The molecule has 0 saturated heterocycles. The van der Waals surface area contributed by atoms with Crippen LogP contribution < -0.4 is 0 Å². The first-order valence-corrected chi connectivity index (χ1v) is 8.18. The zero-order chi connectivity index (χ0) is 10.3. The van der Waals surface area contributed by atoms with Crippen molar-refractivity contribution < 1.29 is 0 Å². The molecule has 0 spiro atoms. The topological polar surface area (TPSA) is 0 Å². The highest BCUT2D eigenvalue weighted by Gasteiger charge is 2.19. The van der Waals surface area contributed by atoms with Gasteiger partial charge in [-0.15, -0.1) is 0 Å². The molecule has 0 heterocycles. The Morgan fingerprint density at radius 3 is 1.13 bits per heavy atom. The van der Waals surface area contributed by atoms with Crippen molar-refractivity contribution in [1.29, 1.82) is 0 Å². The van der Waals surface area contributed by atoms with Gasteiger partial charge in [0.2, 0.25) is 0 Å². The zero-order valence-corrected chi connectivity index (χ0v) is 11.0. The Balaban J connectivity index is 1.73. The van der Waals surface area contributed by atoms with Crippen molar-refractivity contribution in [2.24, 2.45) is 0 Å². The van der Waals surface area contributed by atoms with Gasteiger partial charge in [0.15, 0.2) is 0 Å². The molecule has 87 valence electrons. The van der Waals surface area contributed by atoms with Crippen LogP contribution in [-0.2, 0) is 0 Å². The Kier molecular flexibility index (Phi) is 5.47. The molecular formula is C14H26P. The molecule has 0 unspecified atom stereocenters. The van der Waals surface area contributed by atoms with Crippen LogP contribution in [0.2, 0.25) is 0 Å². The van der Waals surface area contributed by atoms with Crippen LogP contribution in [0.5, 0.6) is 0 Å². The molecule has 2 saturated carbocycles.